The van der Waals surface area contributed by atoms with Crippen molar-refractivity contribution in [2.75, 3.05) is 0 Å². The Bertz CT molecular complexity index is 315. The van der Waals surface area contributed by atoms with Crippen molar-refractivity contribution in [2.45, 2.75) is 18.8 Å². The molecule has 2 rings (SSSR count). The van der Waals surface area contributed by atoms with Crippen molar-refractivity contribution in [3.63, 3.8) is 0 Å². The van der Waals surface area contributed by atoms with E-state index in [0.29, 0.717) is 5.92 Å². The molecule has 2 heteroatoms. The predicted octanol–water partition coefficient (Wildman–Crippen LogP) is 3.10. The summed E-state index contributed by atoms with van der Waals surface area (Å²) >= 11 is 2.99. The van der Waals surface area contributed by atoms with E-state index in [9.17, 15) is 4.79 Å². The van der Waals surface area contributed by atoms with Gasteiger partial charge in [-0.15, -0.1) is 0 Å². The van der Waals surface area contributed by atoms with E-state index in [4.69, 9.17) is 0 Å². The summed E-state index contributed by atoms with van der Waals surface area (Å²) in [6.07, 6.45) is 2.47. The van der Waals surface area contributed by atoms with E-state index in [-0.39, 0.29) is 4.69 Å². The fourth-order valence-electron chi connectivity index (χ4n) is 1.43. The molecule has 1 aromatic rings. The Morgan fingerprint density at radius 2 is 2.00 bits per heavy atom. The molecule has 12 heavy (non-hydrogen) atoms. The molecule has 0 radical (unpaired) electrons. The lowest BCUT2D eigenvalue weighted by molar-refractivity contribution is 0.109. The Hall–Kier alpha value is -0.630. The molecule has 1 saturated carbocycles. The van der Waals surface area contributed by atoms with E-state index >= 15 is 0 Å². The third kappa shape index (κ3) is 1.44. The Balaban J connectivity index is 2.43. The van der Waals surface area contributed by atoms with Gasteiger partial charge in [-0.3, -0.25) is 4.79 Å². The molecule has 1 aliphatic carbocycles. The summed E-state index contributed by atoms with van der Waals surface area (Å²) in [6.45, 7) is 0. The molecule has 1 aromatic carbocycles. The van der Waals surface area contributed by atoms with Crippen LogP contribution >= 0.6 is 15.9 Å². The molecule has 0 bridgehead atoms. The summed E-state index contributed by atoms with van der Waals surface area (Å²) in [5.74, 6) is 0.641. The lowest BCUT2D eigenvalue weighted by Gasteiger charge is -2.02. The SMILES string of the molecule is O=C(Br)c1ccccc1C1CC1. The molecule has 0 amide bonds. The van der Waals surface area contributed by atoms with Crippen molar-refractivity contribution in [3.05, 3.63) is 35.4 Å². The van der Waals surface area contributed by atoms with Crippen molar-refractivity contribution in [3.8, 4) is 0 Å². The second-order valence-corrected chi connectivity index (χ2v) is 3.86. The Labute approximate surface area is 79.9 Å². The highest BCUT2D eigenvalue weighted by Gasteiger charge is 2.26. The first-order chi connectivity index (χ1) is 5.79. The maximum absolute atomic E-state index is 11.1. The monoisotopic (exact) mass is 224 g/mol. The molecule has 62 valence electrons. The number of hydrogen-bond acceptors (Lipinski definition) is 1. The van der Waals surface area contributed by atoms with Crippen LogP contribution in [0.15, 0.2) is 24.3 Å². The van der Waals surface area contributed by atoms with Crippen LogP contribution in [0, 0.1) is 0 Å². The smallest absolute Gasteiger partial charge is 0.228 e. The normalized spacial score (nSPS) is 16.1. The fourth-order valence-corrected chi connectivity index (χ4v) is 1.79. The van der Waals surface area contributed by atoms with E-state index in [1.54, 1.807) is 0 Å². The molecule has 0 aromatic heterocycles. The molecule has 1 nitrogen and oxygen atoms in total. The number of rotatable bonds is 2. The summed E-state index contributed by atoms with van der Waals surface area (Å²) in [5, 5.41) is 0. The molecule has 0 spiro atoms. The highest BCUT2D eigenvalue weighted by Crippen LogP contribution is 2.41. The maximum Gasteiger partial charge on any atom is 0.228 e. The van der Waals surface area contributed by atoms with Gasteiger partial charge < -0.3 is 0 Å². The first kappa shape index (κ1) is 7.99. The molecule has 0 unspecified atom stereocenters. The highest BCUT2D eigenvalue weighted by atomic mass is 79.9. The van der Waals surface area contributed by atoms with Gasteiger partial charge in [0.2, 0.25) is 4.69 Å². The van der Waals surface area contributed by atoms with Gasteiger partial charge in [-0.05, 0) is 40.3 Å². The highest BCUT2D eigenvalue weighted by molar-refractivity contribution is 9.18. The Morgan fingerprint density at radius 1 is 1.33 bits per heavy atom. The third-order valence-corrected chi connectivity index (χ3v) is 2.62. The van der Waals surface area contributed by atoms with Gasteiger partial charge in [0.25, 0.3) is 0 Å². The van der Waals surface area contributed by atoms with Gasteiger partial charge in [0.1, 0.15) is 0 Å². The van der Waals surface area contributed by atoms with E-state index in [0.717, 1.165) is 5.56 Å². The first-order valence-corrected chi connectivity index (χ1v) is 4.87. The largest absolute Gasteiger partial charge is 0.281 e. The van der Waals surface area contributed by atoms with Gasteiger partial charge in [0.05, 0.1) is 0 Å². The second kappa shape index (κ2) is 3.02. The zero-order chi connectivity index (χ0) is 8.55. The zero-order valence-electron chi connectivity index (χ0n) is 6.59. The van der Waals surface area contributed by atoms with Gasteiger partial charge >= 0.3 is 0 Å². The minimum absolute atomic E-state index is 0.00463. The molecule has 0 atom stereocenters. The summed E-state index contributed by atoms with van der Waals surface area (Å²) in [6, 6.07) is 7.82. The van der Waals surface area contributed by atoms with Gasteiger partial charge in [0.15, 0.2) is 0 Å². The van der Waals surface area contributed by atoms with Gasteiger partial charge in [-0.2, -0.15) is 0 Å². The summed E-state index contributed by atoms with van der Waals surface area (Å²) < 4.78 is 0.00463. The molecular weight excluding hydrogens is 216 g/mol. The molecule has 1 fully saturated rings. The van der Waals surface area contributed by atoms with Crippen LogP contribution in [-0.4, -0.2) is 4.69 Å². The molecule has 0 aliphatic heterocycles. The van der Waals surface area contributed by atoms with Crippen molar-refractivity contribution in [1.29, 1.82) is 0 Å². The van der Waals surface area contributed by atoms with Gasteiger partial charge in [-0.1, -0.05) is 24.3 Å². The third-order valence-electron chi connectivity index (χ3n) is 2.19. The average molecular weight is 225 g/mol. The van der Waals surface area contributed by atoms with Crippen molar-refractivity contribution < 1.29 is 4.79 Å². The zero-order valence-corrected chi connectivity index (χ0v) is 8.17. The predicted molar refractivity (Wildman–Crippen MR) is 51.7 cm³/mol. The number of carbonyl (C=O) groups excluding carboxylic acids is 1. The summed E-state index contributed by atoms with van der Waals surface area (Å²) in [4.78, 5) is 11.1. The summed E-state index contributed by atoms with van der Waals surface area (Å²) in [7, 11) is 0. The van der Waals surface area contributed by atoms with E-state index < -0.39 is 0 Å². The maximum atomic E-state index is 11.1. The topological polar surface area (TPSA) is 17.1 Å². The molecule has 1 aliphatic rings. The van der Waals surface area contributed by atoms with Crippen molar-refractivity contribution in [1.82, 2.24) is 0 Å². The van der Waals surface area contributed by atoms with E-state index in [2.05, 4.69) is 15.9 Å². The van der Waals surface area contributed by atoms with E-state index in [1.807, 2.05) is 24.3 Å². The van der Waals surface area contributed by atoms with Crippen LogP contribution in [-0.2, 0) is 0 Å². The number of hydrogen-bond donors (Lipinski definition) is 0. The lowest BCUT2D eigenvalue weighted by atomic mass is 10.0. The first-order valence-electron chi connectivity index (χ1n) is 4.08. The molecule has 0 heterocycles. The lowest BCUT2D eigenvalue weighted by Crippen LogP contribution is -1.94. The van der Waals surface area contributed by atoms with Crippen molar-refractivity contribution in [2.24, 2.45) is 0 Å². The number of carbonyl (C=O) groups is 1. The van der Waals surface area contributed by atoms with E-state index in [1.165, 1.54) is 18.4 Å². The number of halogens is 1. The molecule has 0 N–H and O–H groups in total. The average Bonchev–Trinajstić information content (AvgIpc) is 2.87. The standard InChI is InChI=1S/C10H9BrO/c11-10(12)9-4-2-1-3-8(9)7-5-6-7/h1-4,7H,5-6H2. The van der Waals surface area contributed by atoms with Crippen LogP contribution in [0.1, 0.15) is 34.7 Å². The van der Waals surface area contributed by atoms with Gasteiger partial charge in [0, 0.05) is 5.56 Å². The van der Waals surface area contributed by atoms with Crippen molar-refractivity contribution >= 4 is 20.6 Å². The second-order valence-electron chi connectivity index (χ2n) is 3.14. The minimum Gasteiger partial charge on any atom is -0.281 e. The fraction of sp³-hybridized carbons (Fsp3) is 0.300. The van der Waals surface area contributed by atoms with Gasteiger partial charge in [-0.25, -0.2) is 0 Å². The van der Waals surface area contributed by atoms with Crippen LogP contribution in [0.5, 0.6) is 0 Å². The van der Waals surface area contributed by atoms with Crippen LogP contribution < -0.4 is 0 Å². The van der Waals surface area contributed by atoms with Crippen LogP contribution in [0.25, 0.3) is 0 Å². The van der Waals surface area contributed by atoms with Crippen LogP contribution in [0.2, 0.25) is 0 Å². The molecular formula is C10H9BrO. The Kier molecular flexibility index (Phi) is 2.01. The van der Waals surface area contributed by atoms with Crippen LogP contribution in [0.4, 0.5) is 0 Å². The van der Waals surface area contributed by atoms with Crippen LogP contribution in [0.3, 0.4) is 0 Å². The molecule has 0 saturated heterocycles. The minimum atomic E-state index is 0.00463. The summed E-state index contributed by atoms with van der Waals surface area (Å²) in [5.41, 5.74) is 2.04. The number of benzene rings is 1. The quantitative estimate of drug-likeness (QED) is 0.706. The Morgan fingerprint density at radius 3 is 2.58 bits per heavy atom.